The molecule has 2 aromatic rings. The predicted octanol–water partition coefficient (Wildman–Crippen LogP) is 2.89. The number of benzene rings is 2. The summed E-state index contributed by atoms with van der Waals surface area (Å²) in [7, 11) is 0. The number of hydrogen-bond acceptors (Lipinski definition) is 7. The minimum absolute atomic E-state index is 0.00581. The number of fused-ring (bicyclic) bond motifs is 1. The number of Topliss-reactive ketones (excluding diaryl/α,β-unsaturated/α-hetero) is 1. The fourth-order valence-corrected chi connectivity index (χ4v) is 3.16. The van der Waals surface area contributed by atoms with Crippen molar-refractivity contribution in [1.82, 2.24) is 0 Å². The summed E-state index contributed by atoms with van der Waals surface area (Å²) in [5, 5.41) is 2.63. The number of amides is 1. The molecule has 0 bridgehead atoms. The van der Waals surface area contributed by atoms with E-state index in [4.69, 9.17) is 14.2 Å². The van der Waals surface area contributed by atoms with E-state index in [1.54, 1.807) is 42.5 Å². The maximum Gasteiger partial charge on any atom is 0.339 e. The lowest BCUT2D eigenvalue weighted by Crippen LogP contribution is -2.21. The summed E-state index contributed by atoms with van der Waals surface area (Å²) in [5.74, 6) is 0.319. The molecule has 0 atom stereocenters. The Morgan fingerprint density at radius 2 is 1.89 bits per heavy atom. The van der Waals surface area contributed by atoms with Crippen LogP contribution in [0.3, 0.4) is 0 Å². The molecule has 0 saturated heterocycles. The average Bonchev–Trinajstić information content (AvgIpc) is 3.12. The molecule has 27 heavy (non-hydrogen) atoms. The van der Waals surface area contributed by atoms with E-state index in [1.807, 2.05) is 0 Å². The maximum absolute atomic E-state index is 12.3. The van der Waals surface area contributed by atoms with Gasteiger partial charge in [-0.15, -0.1) is 11.8 Å². The van der Waals surface area contributed by atoms with Crippen molar-refractivity contribution in [3.63, 3.8) is 0 Å². The fourth-order valence-electron chi connectivity index (χ4n) is 2.32. The second kappa shape index (κ2) is 8.59. The Morgan fingerprint density at radius 3 is 2.70 bits per heavy atom. The summed E-state index contributed by atoms with van der Waals surface area (Å²) in [6, 6.07) is 11.8. The first-order valence-corrected chi connectivity index (χ1v) is 9.09. The second-order valence-corrected chi connectivity index (χ2v) is 6.70. The lowest BCUT2D eigenvalue weighted by molar-refractivity contribution is -0.119. The van der Waals surface area contributed by atoms with E-state index in [-0.39, 0.29) is 18.3 Å². The number of thioether (sulfide) groups is 1. The SMILES string of the molecule is CC(=O)CSc1ccccc1C(=O)OCC(=O)Nc1ccc2c(c1)OCO2. The molecular weight excluding hydrogens is 370 g/mol. The van der Waals surface area contributed by atoms with Crippen molar-refractivity contribution in [3.8, 4) is 11.5 Å². The molecule has 0 radical (unpaired) electrons. The smallest absolute Gasteiger partial charge is 0.339 e. The predicted molar refractivity (Wildman–Crippen MR) is 99.3 cm³/mol. The topological polar surface area (TPSA) is 90.9 Å². The van der Waals surface area contributed by atoms with E-state index in [0.29, 0.717) is 27.6 Å². The summed E-state index contributed by atoms with van der Waals surface area (Å²) in [6.07, 6.45) is 0. The molecule has 1 N–H and O–H groups in total. The number of ether oxygens (including phenoxy) is 3. The highest BCUT2D eigenvalue weighted by Crippen LogP contribution is 2.34. The standard InChI is InChI=1S/C19H17NO6S/c1-12(21)10-27-17-5-3-2-4-14(17)19(23)24-9-18(22)20-13-6-7-15-16(8-13)26-11-25-15/h2-8H,9-11H2,1H3,(H,20,22). The molecule has 0 aromatic heterocycles. The van der Waals surface area contributed by atoms with Gasteiger partial charge in [-0.3, -0.25) is 9.59 Å². The third-order valence-electron chi connectivity index (χ3n) is 3.53. The Hall–Kier alpha value is -3.00. The molecule has 1 aliphatic rings. The van der Waals surface area contributed by atoms with Gasteiger partial charge < -0.3 is 19.5 Å². The van der Waals surface area contributed by atoms with Crippen LogP contribution in [-0.4, -0.2) is 36.8 Å². The molecule has 0 spiro atoms. The molecule has 0 unspecified atom stereocenters. The zero-order valence-corrected chi connectivity index (χ0v) is 15.3. The van der Waals surface area contributed by atoms with Crippen LogP contribution in [0.25, 0.3) is 0 Å². The van der Waals surface area contributed by atoms with Gasteiger partial charge in [-0.05, 0) is 31.2 Å². The van der Waals surface area contributed by atoms with Crippen molar-refractivity contribution in [3.05, 3.63) is 48.0 Å². The highest BCUT2D eigenvalue weighted by Gasteiger charge is 2.17. The van der Waals surface area contributed by atoms with Crippen LogP contribution in [-0.2, 0) is 14.3 Å². The van der Waals surface area contributed by atoms with E-state index >= 15 is 0 Å². The molecule has 0 fully saturated rings. The highest BCUT2D eigenvalue weighted by atomic mass is 32.2. The van der Waals surface area contributed by atoms with Crippen LogP contribution in [0.1, 0.15) is 17.3 Å². The lowest BCUT2D eigenvalue weighted by atomic mass is 10.2. The molecule has 0 aliphatic carbocycles. The highest BCUT2D eigenvalue weighted by molar-refractivity contribution is 8.00. The summed E-state index contributed by atoms with van der Waals surface area (Å²) in [5.41, 5.74) is 0.831. The first kappa shape index (κ1) is 18.8. The van der Waals surface area contributed by atoms with E-state index in [0.717, 1.165) is 0 Å². The molecule has 3 rings (SSSR count). The second-order valence-electron chi connectivity index (χ2n) is 5.68. The van der Waals surface area contributed by atoms with Gasteiger partial charge in [0.05, 0.1) is 11.3 Å². The van der Waals surface area contributed by atoms with Gasteiger partial charge in [0.1, 0.15) is 5.78 Å². The van der Waals surface area contributed by atoms with E-state index in [1.165, 1.54) is 18.7 Å². The zero-order valence-electron chi connectivity index (χ0n) is 14.5. The van der Waals surface area contributed by atoms with Crippen molar-refractivity contribution in [2.24, 2.45) is 0 Å². The molecule has 1 heterocycles. The van der Waals surface area contributed by atoms with Crippen molar-refractivity contribution < 1.29 is 28.6 Å². The quantitative estimate of drug-likeness (QED) is 0.577. The minimum Gasteiger partial charge on any atom is -0.454 e. The Morgan fingerprint density at radius 1 is 1.11 bits per heavy atom. The van der Waals surface area contributed by atoms with Gasteiger partial charge in [0.2, 0.25) is 6.79 Å². The lowest BCUT2D eigenvalue weighted by Gasteiger charge is -2.09. The number of rotatable bonds is 7. The Labute approximate surface area is 160 Å². The Bertz CT molecular complexity index is 882. The molecule has 2 aromatic carbocycles. The summed E-state index contributed by atoms with van der Waals surface area (Å²) in [6.45, 7) is 1.19. The fraction of sp³-hybridized carbons (Fsp3) is 0.211. The van der Waals surface area contributed by atoms with Crippen LogP contribution < -0.4 is 14.8 Å². The van der Waals surface area contributed by atoms with Gasteiger partial charge in [-0.2, -0.15) is 0 Å². The molecule has 7 nitrogen and oxygen atoms in total. The van der Waals surface area contributed by atoms with Crippen LogP contribution in [0.2, 0.25) is 0 Å². The van der Waals surface area contributed by atoms with Crippen molar-refractivity contribution in [2.45, 2.75) is 11.8 Å². The summed E-state index contributed by atoms with van der Waals surface area (Å²) < 4.78 is 15.5. The normalized spacial score (nSPS) is 11.7. The average molecular weight is 387 g/mol. The maximum atomic E-state index is 12.3. The Balaban J connectivity index is 1.56. The number of nitrogens with one attached hydrogen (secondary N) is 1. The van der Waals surface area contributed by atoms with Crippen LogP contribution in [0, 0.1) is 0 Å². The third kappa shape index (κ3) is 5.01. The molecule has 1 aliphatic heterocycles. The number of anilines is 1. The van der Waals surface area contributed by atoms with Gasteiger partial charge in [-0.25, -0.2) is 4.79 Å². The van der Waals surface area contributed by atoms with E-state index in [9.17, 15) is 14.4 Å². The zero-order chi connectivity index (χ0) is 19.2. The van der Waals surface area contributed by atoms with Crippen LogP contribution in [0.5, 0.6) is 11.5 Å². The molecule has 140 valence electrons. The van der Waals surface area contributed by atoms with Crippen LogP contribution >= 0.6 is 11.8 Å². The first-order chi connectivity index (χ1) is 13.0. The third-order valence-corrected chi connectivity index (χ3v) is 4.75. The van der Waals surface area contributed by atoms with E-state index in [2.05, 4.69) is 5.32 Å². The van der Waals surface area contributed by atoms with E-state index < -0.39 is 18.5 Å². The van der Waals surface area contributed by atoms with Crippen molar-refractivity contribution in [2.75, 3.05) is 24.5 Å². The summed E-state index contributed by atoms with van der Waals surface area (Å²) >= 11 is 1.26. The van der Waals surface area contributed by atoms with Gasteiger partial charge in [0.15, 0.2) is 18.1 Å². The van der Waals surface area contributed by atoms with Gasteiger partial charge >= 0.3 is 5.97 Å². The number of esters is 1. The number of carbonyl (C=O) groups is 3. The van der Waals surface area contributed by atoms with Gasteiger partial charge in [0, 0.05) is 16.6 Å². The van der Waals surface area contributed by atoms with Gasteiger partial charge in [0.25, 0.3) is 5.91 Å². The van der Waals surface area contributed by atoms with Crippen LogP contribution in [0.15, 0.2) is 47.4 Å². The Kier molecular flexibility index (Phi) is 5.97. The minimum atomic E-state index is -0.623. The molecule has 0 saturated carbocycles. The largest absolute Gasteiger partial charge is 0.454 e. The number of ketones is 1. The van der Waals surface area contributed by atoms with Crippen molar-refractivity contribution in [1.29, 1.82) is 0 Å². The van der Waals surface area contributed by atoms with Crippen LogP contribution in [0.4, 0.5) is 5.69 Å². The molecule has 1 amide bonds. The molecule has 8 heteroatoms. The monoisotopic (exact) mass is 387 g/mol. The molecular formula is C19H17NO6S. The van der Waals surface area contributed by atoms with Gasteiger partial charge in [-0.1, -0.05) is 12.1 Å². The summed E-state index contributed by atoms with van der Waals surface area (Å²) in [4.78, 5) is 36.1. The number of hydrogen-bond donors (Lipinski definition) is 1. The first-order valence-electron chi connectivity index (χ1n) is 8.11. The van der Waals surface area contributed by atoms with Crippen molar-refractivity contribution >= 4 is 35.1 Å². The number of carbonyl (C=O) groups excluding carboxylic acids is 3.